The van der Waals surface area contributed by atoms with E-state index in [2.05, 4.69) is 0 Å². The minimum Gasteiger partial charge on any atom is -0.383 e. The number of amides is 2. The van der Waals surface area contributed by atoms with Crippen LogP contribution in [0.3, 0.4) is 0 Å². The van der Waals surface area contributed by atoms with Crippen molar-refractivity contribution in [3.63, 3.8) is 0 Å². The summed E-state index contributed by atoms with van der Waals surface area (Å²) in [4.78, 5) is 27.8. The first-order valence-corrected chi connectivity index (χ1v) is 9.51. The van der Waals surface area contributed by atoms with Crippen molar-refractivity contribution in [3.05, 3.63) is 30.3 Å². The Hall–Kier alpha value is -1.93. The normalized spacial score (nSPS) is 19.0. The van der Waals surface area contributed by atoms with E-state index in [9.17, 15) is 18.0 Å². The highest BCUT2D eigenvalue weighted by Crippen LogP contribution is 2.19. The molecule has 0 radical (unpaired) electrons. The number of benzene rings is 1. The van der Waals surface area contributed by atoms with E-state index in [-0.39, 0.29) is 24.7 Å². The minimum absolute atomic E-state index is 0.0388. The van der Waals surface area contributed by atoms with Crippen LogP contribution in [-0.4, -0.2) is 70.0 Å². The Morgan fingerprint density at radius 3 is 2.42 bits per heavy atom. The molecule has 0 spiro atoms. The van der Waals surface area contributed by atoms with E-state index < -0.39 is 27.7 Å². The van der Waals surface area contributed by atoms with Crippen LogP contribution in [0.15, 0.2) is 30.3 Å². The molecule has 1 atom stereocenters. The highest BCUT2D eigenvalue weighted by atomic mass is 32.2. The molecule has 0 N–H and O–H groups in total. The molecule has 0 aliphatic carbocycles. The van der Waals surface area contributed by atoms with Crippen molar-refractivity contribution in [2.75, 3.05) is 43.7 Å². The first kappa shape index (κ1) is 18.4. The Balaban J connectivity index is 2.16. The molecule has 1 heterocycles. The molecule has 2 amide bonds. The second-order valence-electron chi connectivity index (χ2n) is 5.75. The molecular formula is C16H22N2O5S. The van der Waals surface area contributed by atoms with Crippen LogP contribution in [0, 0.1) is 0 Å². The number of nitrogens with zero attached hydrogens (tertiary/aromatic N) is 2. The van der Waals surface area contributed by atoms with Gasteiger partial charge >= 0.3 is 11.8 Å². The molecule has 1 saturated heterocycles. The van der Waals surface area contributed by atoms with Crippen LogP contribution < -0.4 is 4.90 Å². The lowest BCUT2D eigenvalue weighted by molar-refractivity contribution is -0.146. The van der Waals surface area contributed by atoms with Crippen LogP contribution >= 0.6 is 0 Å². The van der Waals surface area contributed by atoms with Crippen LogP contribution in [0.1, 0.15) is 6.42 Å². The van der Waals surface area contributed by atoms with E-state index in [1.54, 1.807) is 24.3 Å². The third-order valence-electron chi connectivity index (χ3n) is 4.08. The third kappa shape index (κ3) is 4.33. The zero-order valence-electron chi connectivity index (χ0n) is 13.8. The number of methoxy groups -OCH3 is 1. The van der Waals surface area contributed by atoms with E-state index in [0.29, 0.717) is 12.1 Å². The Labute approximate surface area is 142 Å². The molecule has 0 saturated carbocycles. The molecule has 7 nitrogen and oxygen atoms in total. The average Bonchev–Trinajstić information content (AvgIpc) is 2.94. The minimum atomic E-state index is -3.16. The van der Waals surface area contributed by atoms with Gasteiger partial charge in [0.25, 0.3) is 0 Å². The van der Waals surface area contributed by atoms with Crippen molar-refractivity contribution in [1.29, 1.82) is 0 Å². The molecule has 0 bridgehead atoms. The molecule has 2 rings (SSSR count). The predicted octanol–water partition coefficient (Wildman–Crippen LogP) is 0.311. The Morgan fingerprint density at radius 2 is 1.88 bits per heavy atom. The maximum atomic E-state index is 12.6. The first-order chi connectivity index (χ1) is 11.4. The van der Waals surface area contributed by atoms with Crippen molar-refractivity contribution >= 4 is 27.3 Å². The van der Waals surface area contributed by atoms with E-state index in [1.807, 2.05) is 6.07 Å². The SMILES string of the molecule is COCCN(C(=O)C(=O)N(C)c1ccccc1)C1CCS(=O)(=O)C1. The van der Waals surface area contributed by atoms with E-state index >= 15 is 0 Å². The molecular weight excluding hydrogens is 332 g/mol. The molecule has 24 heavy (non-hydrogen) atoms. The zero-order valence-corrected chi connectivity index (χ0v) is 14.7. The lowest BCUT2D eigenvalue weighted by Gasteiger charge is -2.29. The van der Waals surface area contributed by atoms with E-state index in [4.69, 9.17) is 4.74 Å². The van der Waals surface area contributed by atoms with Crippen LogP contribution in [-0.2, 0) is 24.2 Å². The summed E-state index contributed by atoms with van der Waals surface area (Å²) < 4.78 is 28.4. The van der Waals surface area contributed by atoms with Crippen molar-refractivity contribution in [3.8, 4) is 0 Å². The molecule has 1 unspecified atom stereocenters. The summed E-state index contributed by atoms with van der Waals surface area (Å²) in [5.41, 5.74) is 0.599. The highest BCUT2D eigenvalue weighted by Gasteiger charge is 2.37. The molecule has 1 aliphatic rings. The number of hydrogen-bond donors (Lipinski definition) is 0. The van der Waals surface area contributed by atoms with Gasteiger partial charge in [-0.25, -0.2) is 8.42 Å². The summed E-state index contributed by atoms with van der Waals surface area (Å²) >= 11 is 0. The van der Waals surface area contributed by atoms with Gasteiger partial charge in [-0.2, -0.15) is 0 Å². The standard InChI is InChI=1S/C16H22N2O5S/c1-17(13-6-4-3-5-7-13)15(19)16(20)18(9-10-23-2)14-8-11-24(21,22)12-14/h3-7,14H,8-12H2,1-2H3. The summed E-state index contributed by atoms with van der Waals surface area (Å²) in [5, 5.41) is 0. The maximum Gasteiger partial charge on any atom is 0.316 e. The van der Waals surface area contributed by atoms with Crippen molar-refractivity contribution in [2.45, 2.75) is 12.5 Å². The van der Waals surface area contributed by atoms with Crippen LogP contribution in [0.2, 0.25) is 0 Å². The zero-order chi connectivity index (χ0) is 17.7. The van der Waals surface area contributed by atoms with E-state index in [0.717, 1.165) is 0 Å². The van der Waals surface area contributed by atoms with Crippen LogP contribution in [0.5, 0.6) is 0 Å². The number of ether oxygens (including phenoxy) is 1. The number of carbonyl (C=O) groups is 2. The number of para-hydroxylation sites is 1. The van der Waals surface area contributed by atoms with Crippen molar-refractivity contribution in [1.82, 2.24) is 4.90 Å². The Morgan fingerprint density at radius 1 is 1.21 bits per heavy atom. The molecule has 1 aliphatic heterocycles. The van der Waals surface area contributed by atoms with Gasteiger partial charge in [0.1, 0.15) is 0 Å². The van der Waals surface area contributed by atoms with Gasteiger partial charge in [-0.05, 0) is 18.6 Å². The lowest BCUT2D eigenvalue weighted by atomic mass is 10.2. The number of sulfone groups is 1. The van der Waals surface area contributed by atoms with Gasteiger partial charge in [-0.15, -0.1) is 0 Å². The fourth-order valence-electron chi connectivity index (χ4n) is 2.70. The van der Waals surface area contributed by atoms with E-state index in [1.165, 1.54) is 24.0 Å². The quantitative estimate of drug-likeness (QED) is 0.711. The molecule has 1 aromatic carbocycles. The second-order valence-corrected chi connectivity index (χ2v) is 7.98. The smallest absolute Gasteiger partial charge is 0.316 e. The topological polar surface area (TPSA) is 84.0 Å². The van der Waals surface area contributed by atoms with Gasteiger partial charge in [0.15, 0.2) is 9.84 Å². The summed E-state index contributed by atoms with van der Waals surface area (Å²) in [7, 11) is -0.141. The monoisotopic (exact) mass is 354 g/mol. The number of anilines is 1. The van der Waals surface area contributed by atoms with Gasteiger partial charge in [0, 0.05) is 32.4 Å². The summed E-state index contributed by atoms with van der Waals surface area (Å²) in [6.07, 6.45) is 0.347. The van der Waals surface area contributed by atoms with Crippen molar-refractivity contribution < 1.29 is 22.7 Å². The number of likely N-dealkylation sites (N-methyl/N-ethyl adjacent to an activating group) is 1. The fourth-order valence-corrected chi connectivity index (χ4v) is 4.43. The number of rotatable bonds is 5. The summed E-state index contributed by atoms with van der Waals surface area (Å²) in [6, 6.07) is 8.34. The number of hydrogen-bond acceptors (Lipinski definition) is 5. The van der Waals surface area contributed by atoms with Gasteiger partial charge in [-0.3, -0.25) is 9.59 Å². The summed E-state index contributed by atoms with van der Waals surface area (Å²) in [5.74, 6) is -1.47. The second kappa shape index (κ2) is 7.76. The Kier molecular flexibility index (Phi) is 5.95. The third-order valence-corrected chi connectivity index (χ3v) is 5.83. The molecule has 0 aromatic heterocycles. The first-order valence-electron chi connectivity index (χ1n) is 7.69. The largest absolute Gasteiger partial charge is 0.383 e. The molecule has 1 fully saturated rings. The average molecular weight is 354 g/mol. The maximum absolute atomic E-state index is 12.6. The van der Waals surface area contributed by atoms with Gasteiger partial charge < -0.3 is 14.5 Å². The lowest BCUT2D eigenvalue weighted by Crippen LogP contribution is -2.50. The van der Waals surface area contributed by atoms with Crippen LogP contribution in [0.4, 0.5) is 5.69 Å². The highest BCUT2D eigenvalue weighted by molar-refractivity contribution is 7.91. The van der Waals surface area contributed by atoms with Gasteiger partial charge in [-0.1, -0.05) is 18.2 Å². The van der Waals surface area contributed by atoms with Gasteiger partial charge in [0.2, 0.25) is 0 Å². The Bertz CT molecular complexity index is 690. The molecule has 8 heteroatoms. The fraction of sp³-hybridized carbons (Fsp3) is 0.500. The van der Waals surface area contributed by atoms with Gasteiger partial charge in [0.05, 0.1) is 18.1 Å². The molecule has 132 valence electrons. The summed E-state index contributed by atoms with van der Waals surface area (Å²) in [6.45, 7) is 0.425. The van der Waals surface area contributed by atoms with Crippen molar-refractivity contribution in [2.24, 2.45) is 0 Å². The molecule has 1 aromatic rings. The number of carbonyl (C=O) groups excluding carboxylic acids is 2. The predicted molar refractivity (Wildman–Crippen MR) is 90.5 cm³/mol. The van der Waals surface area contributed by atoms with Crippen LogP contribution in [0.25, 0.3) is 0 Å².